The van der Waals surface area contributed by atoms with Crippen LogP contribution in [0.2, 0.25) is 0 Å². The first-order valence-electron chi connectivity index (χ1n) is 10.1. The van der Waals surface area contributed by atoms with Crippen molar-refractivity contribution in [3.8, 4) is 0 Å². The van der Waals surface area contributed by atoms with E-state index in [-0.39, 0.29) is 12.7 Å². The lowest BCUT2D eigenvalue weighted by molar-refractivity contribution is 0.137. The molecule has 2 heterocycles. The lowest BCUT2D eigenvalue weighted by Gasteiger charge is -2.33. The van der Waals surface area contributed by atoms with Crippen LogP contribution in [0.15, 0.2) is 60.7 Å². The summed E-state index contributed by atoms with van der Waals surface area (Å²) in [7, 11) is 1.95. The molecule has 0 bridgehead atoms. The average molecular weight is 371 g/mol. The standard InChI is InChI=1S/C24H26BNO2/c1-24(2)16-27-25(28-24)21-10-11-22-20(13-21)14-26(3)15-23(22)19-9-8-17-6-4-5-7-18(17)12-19/h4-13,23H,14-16H2,1-3H3. The molecule has 1 unspecified atom stereocenters. The van der Waals surface area contributed by atoms with E-state index in [4.69, 9.17) is 9.31 Å². The van der Waals surface area contributed by atoms with Gasteiger partial charge in [-0.3, -0.25) is 0 Å². The number of likely N-dealkylation sites (N-methyl/N-ethyl adjacent to an activating group) is 1. The fourth-order valence-corrected chi connectivity index (χ4v) is 4.52. The van der Waals surface area contributed by atoms with Crippen LogP contribution in [0.4, 0.5) is 0 Å². The molecule has 0 spiro atoms. The van der Waals surface area contributed by atoms with Gasteiger partial charge < -0.3 is 14.2 Å². The number of benzene rings is 3. The number of hydrogen-bond donors (Lipinski definition) is 0. The van der Waals surface area contributed by atoms with E-state index in [0.717, 1.165) is 18.6 Å². The van der Waals surface area contributed by atoms with Crippen molar-refractivity contribution in [2.24, 2.45) is 0 Å². The van der Waals surface area contributed by atoms with Gasteiger partial charge in [-0.05, 0) is 53.8 Å². The van der Waals surface area contributed by atoms with Crippen molar-refractivity contribution in [3.05, 3.63) is 77.4 Å². The summed E-state index contributed by atoms with van der Waals surface area (Å²) >= 11 is 0. The minimum absolute atomic E-state index is 0.217. The zero-order chi connectivity index (χ0) is 19.3. The van der Waals surface area contributed by atoms with Gasteiger partial charge in [0.05, 0.1) is 12.2 Å². The van der Waals surface area contributed by atoms with E-state index in [1.54, 1.807) is 0 Å². The summed E-state index contributed by atoms with van der Waals surface area (Å²) in [4.78, 5) is 2.41. The molecular formula is C24H26BNO2. The van der Waals surface area contributed by atoms with Gasteiger partial charge in [-0.15, -0.1) is 0 Å². The molecule has 1 fully saturated rings. The van der Waals surface area contributed by atoms with E-state index < -0.39 is 0 Å². The summed E-state index contributed by atoms with van der Waals surface area (Å²) in [5.41, 5.74) is 5.09. The van der Waals surface area contributed by atoms with Gasteiger partial charge >= 0.3 is 7.12 Å². The minimum atomic E-state index is -0.258. The molecule has 0 amide bonds. The average Bonchev–Trinajstić information content (AvgIpc) is 3.06. The zero-order valence-corrected chi connectivity index (χ0v) is 16.8. The van der Waals surface area contributed by atoms with Crippen LogP contribution in [0.3, 0.4) is 0 Å². The Kier molecular flexibility index (Phi) is 4.31. The second kappa shape index (κ2) is 6.73. The monoisotopic (exact) mass is 371 g/mol. The second-order valence-corrected chi connectivity index (χ2v) is 8.83. The first kappa shape index (κ1) is 17.9. The molecule has 3 nitrogen and oxygen atoms in total. The van der Waals surface area contributed by atoms with Gasteiger partial charge in [-0.2, -0.15) is 0 Å². The third-order valence-corrected chi connectivity index (χ3v) is 5.93. The van der Waals surface area contributed by atoms with Crippen molar-refractivity contribution in [1.29, 1.82) is 0 Å². The molecule has 0 aliphatic carbocycles. The van der Waals surface area contributed by atoms with Crippen molar-refractivity contribution < 1.29 is 9.31 Å². The molecular weight excluding hydrogens is 345 g/mol. The lowest BCUT2D eigenvalue weighted by atomic mass is 9.75. The van der Waals surface area contributed by atoms with E-state index in [0.29, 0.717) is 12.5 Å². The lowest BCUT2D eigenvalue weighted by Crippen LogP contribution is -2.37. The Morgan fingerprint density at radius 3 is 2.61 bits per heavy atom. The maximum absolute atomic E-state index is 6.08. The van der Waals surface area contributed by atoms with Gasteiger partial charge in [0.2, 0.25) is 0 Å². The van der Waals surface area contributed by atoms with Crippen LogP contribution in [0.5, 0.6) is 0 Å². The maximum Gasteiger partial charge on any atom is 0.494 e. The molecule has 5 rings (SSSR count). The van der Waals surface area contributed by atoms with Crippen molar-refractivity contribution in [2.75, 3.05) is 20.2 Å². The Morgan fingerprint density at radius 1 is 1.00 bits per heavy atom. The molecule has 1 atom stereocenters. The molecule has 0 radical (unpaired) electrons. The summed E-state index contributed by atoms with van der Waals surface area (Å²) in [6.45, 7) is 6.79. The van der Waals surface area contributed by atoms with Crippen molar-refractivity contribution in [3.63, 3.8) is 0 Å². The van der Waals surface area contributed by atoms with Gasteiger partial charge in [0.1, 0.15) is 0 Å². The molecule has 4 heteroatoms. The first-order chi connectivity index (χ1) is 13.5. The molecule has 142 valence electrons. The van der Waals surface area contributed by atoms with Gasteiger partial charge in [-0.1, -0.05) is 60.7 Å². The van der Waals surface area contributed by atoms with E-state index in [9.17, 15) is 0 Å². The highest BCUT2D eigenvalue weighted by Gasteiger charge is 2.38. The maximum atomic E-state index is 6.08. The highest BCUT2D eigenvalue weighted by Crippen LogP contribution is 2.34. The highest BCUT2D eigenvalue weighted by molar-refractivity contribution is 6.61. The smallest absolute Gasteiger partial charge is 0.404 e. The number of nitrogens with zero attached hydrogens (tertiary/aromatic N) is 1. The fourth-order valence-electron chi connectivity index (χ4n) is 4.52. The van der Waals surface area contributed by atoms with Crippen LogP contribution in [0.1, 0.15) is 36.5 Å². The minimum Gasteiger partial charge on any atom is -0.404 e. The topological polar surface area (TPSA) is 21.7 Å². The van der Waals surface area contributed by atoms with E-state index in [1.165, 1.54) is 27.5 Å². The molecule has 3 aromatic carbocycles. The molecule has 2 aliphatic rings. The first-order valence-corrected chi connectivity index (χ1v) is 10.1. The summed E-state index contributed by atoms with van der Waals surface area (Å²) in [5.74, 6) is 0.384. The van der Waals surface area contributed by atoms with E-state index in [1.807, 2.05) is 0 Å². The third-order valence-electron chi connectivity index (χ3n) is 5.93. The van der Waals surface area contributed by atoms with Crippen LogP contribution >= 0.6 is 0 Å². The van der Waals surface area contributed by atoms with Crippen LogP contribution in [-0.4, -0.2) is 37.8 Å². The van der Waals surface area contributed by atoms with Gasteiger partial charge in [0, 0.05) is 19.0 Å². The fraction of sp³-hybridized carbons (Fsp3) is 0.333. The van der Waals surface area contributed by atoms with Crippen molar-refractivity contribution in [2.45, 2.75) is 31.9 Å². The molecule has 28 heavy (non-hydrogen) atoms. The Morgan fingerprint density at radius 2 is 1.82 bits per heavy atom. The molecule has 1 saturated heterocycles. The van der Waals surface area contributed by atoms with Crippen molar-refractivity contribution >= 4 is 23.4 Å². The number of rotatable bonds is 2. The summed E-state index contributed by atoms with van der Waals surface area (Å²) in [5, 5.41) is 2.60. The molecule has 0 saturated carbocycles. The van der Waals surface area contributed by atoms with E-state index in [2.05, 4.69) is 86.5 Å². The second-order valence-electron chi connectivity index (χ2n) is 8.83. The molecule has 3 aromatic rings. The van der Waals surface area contributed by atoms with Crippen LogP contribution in [0.25, 0.3) is 10.8 Å². The van der Waals surface area contributed by atoms with Gasteiger partial charge in [0.15, 0.2) is 0 Å². The molecule has 0 aromatic heterocycles. The molecule has 0 N–H and O–H groups in total. The summed E-state index contributed by atoms with van der Waals surface area (Å²) < 4.78 is 12.0. The molecule has 2 aliphatic heterocycles. The quantitative estimate of drug-likeness (QED) is 0.637. The van der Waals surface area contributed by atoms with Crippen LogP contribution in [0, 0.1) is 0 Å². The predicted octanol–water partition coefficient (Wildman–Crippen LogP) is 3.94. The van der Waals surface area contributed by atoms with Gasteiger partial charge in [0.25, 0.3) is 0 Å². The normalized spacial score (nSPS) is 21.8. The van der Waals surface area contributed by atoms with Gasteiger partial charge in [-0.25, -0.2) is 0 Å². The Balaban J connectivity index is 1.52. The predicted molar refractivity (Wildman–Crippen MR) is 115 cm³/mol. The third kappa shape index (κ3) is 3.26. The Hall–Kier alpha value is -2.14. The Bertz CT molecular complexity index is 1030. The zero-order valence-electron chi connectivity index (χ0n) is 16.8. The number of hydrogen-bond acceptors (Lipinski definition) is 3. The van der Waals surface area contributed by atoms with Crippen molar-refractivity contribution in [1.82, 2.24) is 4.90 Å². The van der Waals surface area contributed by atoms with E-state index >= 15 is 0 Å². The Labute approximate surface area is 167 Å². The van der Waals surface area contributed by atoms with Crippen LogP contribution in [-0.2, 0) is 15.9 Å². The largest absolute Gasteiger partial charge is 0.494 e. The number of fused-ring (bicyclic) bond motifs is 2. The van der Waals surface area contributed by atoms with Crippen LogP contribution < -0.4 is 5.46 Å². The summed E-state index contributed by atoms with van der Waals surface area (Å²) in [6.07, 6.45) is 0. The highest BCUT2D eigenvalue weighted by atomic mass is 16.7. The SMILES string of the molecule is CN1Cc2cc(B3OCC(C)(C)O3)ccc2C(c2ccc3ccccc3c2)C1. The summed E-state index contributed by atoms with van der Waals surface area (Å²) in [6, 6.07) is 22.2.